The number of likely N-dealkylation sites (N-methyl/N-ethyl adjacent to an activating group) is 1. The third kappa shape index (κ3) is 3.78. The monoisotopic (exact) mass is 314 g/mol. The number of nitrogens with zero attached hydrogens (tertiary/aromatic N) is 1. The minimum atomic E-state index is -0.324. The van der Waals surface area contributed by atoms with E-state index in [0.717, 1.165) is 10.0 Å². The van der Waals surface area contributed by atoms with Crippen LogP contribution in [0.15, 0.2) is 22.7 Å². The van der Waals surface area contributed by atoms with Gasteiger partial charge in [0.2, 0.25) is 0 Å². The molecule has 1 aromatic rings. The Morgan fingerprint density at radius 1 is 1.44 bits per heavy atom. The first-order valence-corrected chi connectivity index (χ1v) is 6.65. The summed E-state index contributed by atoms with van der Waals surface area (Å²) < 4.78 is 0.731. The van der Waals surface area contributed by atoms with Gasteiger partial charge in [-0.1, -0.05) is 42.8 Å². The van der Waals surface area contributed by atoms with Crippen LogP contribution in [-0.2, 0) is 6.42 Å². The second kappa shape index (κ2) is 5.80. The molecule has 0 saturated carbocycles. The lowest BCUT2D eigenvalue weighted by Gasteiger charge is -2.30. The first kappa shape index (κ1) is 15.1. The van der Waals surface area contributed by atoms with Crippen molar-refractivity contribution in [3.8, 4) is 0 Å². The molecule has 0 bridgehead atoms. The number of nitro groups is 1. The molecule has 0 heterocycles. The molecule has 0 aliphatic rings. The molecule has 0 aliphatic carbocycles. The summed E-state index contributed by atoms with van der Waals surface area (Å²) in [6.07, 6.45) is 0.642. The number of nitrogens with one attached hydrogen (secondary N) is 1. The van der Waals surface area contributed by atoms with Crippen LogP contribution >= 0.6 is 15.9 Å². The minimum Gasteiger partial charge on any atom is -0.316 e. The molecular formula is C13H19BrN2O2. The molecule has 0 amide bonds. The van der Waals surface area contributed by atoms with Crippen molar-refractivity contribution in [2.45, 2.75) is 33.2 Å². The highest BCUT2D eigenvalue weighted by Gasteiger charge is 2.26. The standard InChI is InChI=1S/C13H19BrN2O2/c1-13(2,3)12(15-4)7-9-5-6-10(14)8-11(9)16(17)18/h5-6,8,12,15H,7H2,1-4H3. The number of rotatable bonds is 4. The summed E-state index contributed by atoms with van der Waals surface area (Å²) in [4.78, 5) is 10.7. The Morgan fingerprint density at radius 3 is 2.50 bits per heavy atom. The van der Waals surface area contributed by atoms with Crippen molar-refractivity contribution in [1.29, 1.82) is 0 Å². The summed E-state index contributed by atoms with van der Waals surface area (Å²) in [5.74, 6) is 0. The first-order valence-electron chi connectivity index (χ1n) is 5.85. The molecule has 4 nitrogen and oxygen atoms in total. The Morgan fingerprint density at radius 2 is 2.06 bits per heavy atom. The smallest absolute Gasteiger partial charge is 0.273 e. The molecule has 1 atom stereocenters. The van der Waals surface area contributed by atoms with E-state index in [1.807, 2.05) is 19.2 Å². The van der Waals surface area contributed by atoms with Crippen LogP contribution in [0.1, 0.15) is 26.3 Å². The predicted octanol–water partition coefficient (Wildman–Crippen LogP) is 3.53. The lowest BCUT2D eigenvalue weighted by molar-refractivity contribution is -0.385. The van der Waals surface area contributed by atoms with E-state index in [1.165, 1.54) is 0 Å². The van der Waals surface area contributed by atoms with Crippen molar-refractivity contribution in [3.63, 3.8) is 0 Å². The van der Waals surface area contributed by atoms with Crippen molar-refractivity contribution in [2.75, 3.05) is 7.05 Å². The fourth-order valence-corrected chi connectivity index (χ4v) is 2.29. The van der Waals surface area contributed by atoms with Crippen LogP contribution in [0.2, 0.25) is 0 Å². The van der Waals surface area contributed by atoms with Gasteiger partial charge in [-0.05, 0) is 24.9 Å². The van der Waals surface area contributed by atoms with Gasteiger partial charge >= 0.3 is 0 Å². The summed E-state index contributed by atoms with van der Waals surface area (Å²) in [6, 6.07) is 5.41. The quantitative estimate of drug-likeness (QED) is 0.683. The summed E-state index contributed by atoms with van der Waals surface area (Å²) in [7, 11) is 1.89. The van der Waals surface area contributed by atoms with Crippen LogP contribution in [0.4, 0.5) is 5.69 Å². The molecule has 0 saturated heterocycles. The molecule has 0 radical (unpaired) electrons. The number of benzene rings is 1. The van der Waals surface area contributed by atoms with Crippen molar-refractivity contribution in [3.05, 3.63) is 38.3 Å². The highest BCUT2D eigenvalue weighted by atomic mass is 79.9. The normalized spacial score (nSPS) is 13.4. The van der Waals surface area contributed by atoms with Crippen molar-refractivity contribution in [2.24, 2.45) is 5.41 Å². The molecule has 1 rings (SSSR count). The topological polar surface area (TPSA) is 55.2 Å². The van der Waals surface area contributed by atoms with E-state index < -0.39 is 0 Å². The number of hydrogen-bond acceptors (Lipinski definition) is 3. The van der Waals surface area contributed by atoms with Crippen LogP contribution in [0.5, 0.6) is 0 Å². The molecule has 0 fully saturated rings. The third-order valence-electron chi connectivity index (χ3n) is 3.06. The molecule has 1 unspecified atom stereocenters. The highest BCUT2D eigenvalue weighted by Crippen LogP contribution is 2.28. The van der Waals surface area contributed by atoms with Gasteiger partial charge in [-0.3, -0.25) is 10.1 Å². The number of nitro benzene ring substituents is 1. The third-order valence-corrected chi connectivity index (χ3v) is 3.56. The maximum absolute atomic E-state index is 11.1. The molecule has 1 N–H and O–H groups in total. The fourth-order valence-electron chi connectivity index (χ4n) is 1.94. The van der Waals surface area contributed by atoms with E-state index in [2.05, 4.69) is 42.0 Å². The molecule has 100 valence electrons. The van der Waals surface area contributed by atoms with Gasteiger partial charge in [0.05, 0.1) is 4.92 Å². The summed E-state index contributed by atoms with van der Waals surface area (Å²) in [6.45, 7) is 6.37. The molecule has 1 aromatic carbocycles. The summed E-state index contributed by atoms with van der Waals surface area (Å²) in [5, 5.41) is 14.3. The van der Waals surface area contributed by atoms with Crippen molar-refractivity contribution < 1.29 is 4.92 Å². The Balaban J connectivity index is 3.07. The molecule has 18 heavy (non-hydrogen) atoms. The molecular weight excluding hydrogens is 296 g/mol. The van der Waals surface area contributed by atoms with Gasteiger partial charge in [0, 0.05) is 22.1 Å². The molecule has 0 aromatic heterocycles. The zero-order chi connectivity index (χ0) is 13.9. The van der Waals surface area contributed by atoms with Crippen LogP contribution in [0, 0.1) is 15.5 Å². The highest BCUT2D eigenvalue weighted by molar-refractivity contribution is 9.10. The lowest BCUT2D eigenvalue weighted by atomic mass is 9.83. The van der Waals surface area contributed by atoms with Crippen LogP contribution in [0.25, 0.3) is 0 Å². The Kier molecular flexibility index (Phi) is 4.87. The zero-order valence-corrected chi connectivity index (χ0v) is 12.7. The fraction of sp³-hybridized carbons (Fsp3) is 0.538. The molecule has 0 spiro atoms. The number of halogens is 1. The zero-order valence-electron chi connectivity index (χ0n) is 11.2. The van der Waals surface area contributed by atoms with E-state index in [4.69, 9.17) is 0 Å². The summed E-state index contributed by atoms with van der Waals surface area (Å²) in [5.41, 5.74) is 0.988. The first-order chi connectivity index (χ1) is 8.25. The van der Waals surface area contributed by atoms with E-state index in [9.17, 15) is 10.1 Å². The van der Waals surface area contributed by atoms with Gasteiger partial charge in [-0.25, -0.2) is 0 Å². The van der Waals surface area contributed by atoms with E-state index in [0.29, 0.717) is 6.42 Å². The van der Waals surface area contributed by atoms with Crippen LogP contribution in [-0.4, -0.2) is 18.0 Å². The largest absolute Gasteiger partial charge is 0.316 e. The average Bonchev–Trinajstić information content (AvgIpc) is 2.25. The van der Waals surface area contributed by atoms with E-state index in [-0.39, 0.29) is 22.1 Å². The van der Waals surface area contributed by atoms with Gasteiger partial charge < -0.3 is 5.32 Å². The van der Waals surface area contributed by atoms with Crippen LogP contribution < -0.4 is 5.32 Å². The van der Waals surface area contributed by atoms with Crippen molar-refractivity contribution in [1.82, 2.24) is 5.32 Å². The minimum absolute atomic E-state index is 0.0513. The second-order valence-corrected chi connectivity index (χ2v) is 6.36. The second-order valence-electron chi connectivity index (χ2n) is 5.44. The average molecular weight is 315 g/mol. The Labute approximate surface area is 116 Å². The SMILES string of the molecule is CNC(Cc1ccc(Br)cc1[N+](=O)[O-])C(C)(C)C. The van der Waals surface area contributed by atoms with Gasteiger partial charge in [-0.15, -0.1) is 0 Å². The maximum Gasteiger partial charge on any atom is 0.273 e. The van der Waals surface area contributed by atoms with Crippen molar-refractivity contribution >= 4 is 21.6 Å². The van der Waals surface area contributed by atoms with Crippen LogP contribution in [0.3, 0.4) is 0 Å². The molecule has 0 aliphatic heterocycles. The van der Waals surface area contributed by atoms with E-state index in [1.54, 1.807) is 6.07 Å². The Bertz CT molecular complexity index is 441. The lowest BCUT2D eigenvalue weighted by Crippen LogP contribution is -2.39. The molecule has 5 heteroatoms. The predicted molar refractivity (Wildman–Crippen MR) is 76.8 cm³/mol. The Hall–Kier alpha value is -0.940. The van der Waals surface area contributed by atoms with Gasteiger partial charge in [0.1, 0.15) is 0 Å². The maximum atomic E-state index is 11.1. The van der Waals surface area contributed by atoms with Gasteiger partial charge in [0.15, 0.2) is 0 Å². The number of hydrogen-bond donors (Lipinski definition) is 1. The van der Waals surface area contributed by atoms with Gasteiger partial charge in [-0.2, -0.15) is 0 Å². The summed E-state index contributed by atoms with van der Waals surface area (Å²) >= 11 is 3.27. The van der Waals surface area contributed by atoms with Gasteiger partial charge in [0.25, 0.3) is 5.69 Å². The van der Waals surface area contributed by atoms with E-state index >= 15 is 0 Å².